The molecule has 0 fully saturated rings. The maximum atomic E-state index is 11.2. The van der Waals surface area contributed by atoms with E-state index in [-0.39, 0.29) is 19.0 Å². The minimum absolute atomic E-state index is 0.0811. The van der Waals surface area contributed by atoms with Crippen LogP contribution in [0.5, 0.6) is 0 Å². The van der Waals surface area contributed by atoms with E-state index in [9.17, 15) is 9.59 Å². The molecular formula is C9H19N3O2. The second-order valence-corrected chi connectivity index (χ2v) is 3.84. The Kier molecular flexibility index (Phi) is 5.87. The molecule has 0 aliphatic rings. The molecule has 0 heterocycles. The summed E-state index contributed by atoms with van der Waals surface area (Å²) >= 11 is 0. The van der Waals surface area contributed by atoms with Gasteiger partial charge in [-0.05, 0) is 13.0 Å². The second-order valence-electron chi connectivity index (χ2n) is 3.84. The van der Waals surface area contributed by atoms with Crippen molar-refractivity contribution < 1.29 is 9.59 Å². The number of nitrogens with one attached hydrogen (secondary N) is 1. The predicted octanol–water partition coefficient (Wildman–Crippen LogP) is -0.824. The van der Waals surface area contributed by atoms with Gasteiger partial charge >= 0.3 is 0 Å². The van der Waals surface area contributed by atoms with Crippen molar-refractivity contribution in [1.82, 2.24) is 10.2 Å². The zero-order chi connectivity index (χ0) is 11.1. The van der Waals surface area contributed by atoms with Gasteiger partial charge < -0.3 is 11.1 Å². The molecule has 0 saturated carbocycles. The van der Waals surface area contributed by atoms with Gasteiger partial charge in [0.25, 0.3) is 0 Å². The Hall–Kier alpha value is -1.10. The average Bonchev–Trinajstić information content (AvgIpc) is 1.98. The van der Waals surface area contributed by atoms with Crippen LogP contribution in [-0.2, 0) is 9.59 Å². The highest BCUT2D eigenvalue weighted by Gasteiger charge is 2.08. The van der Waals surface area contributed by atoms with Gasteiger partial charge in [-0.15, -0.1) is 0 Å². The molecule has 0 saturated heterocycles. The molecule has 0 spiro atoms. The molecule has 5 heteroatoms. The molecule has 82 valence electrons. The van der Waals surface area contributed by atoms with Crippen LogP contribution in [-0.4, -0.2) is 43.4 Å². The maximum absolute atomic E-state index is 11.2. The molecule has 0 rings (SSSR count). The molecule has 0 aliphatic heterocycles. The number of hydrogen-bond donors (Lipinski definition) is 2. The molecule has 0 aromatic heterocycles. The number of rotatable bonds is 6. The van der Waals surface area contributed by atoms with Crippen molar-refractivity contribution in [1.29, 1.82) is 0 Å². The van der Waals surface area contributed by atoms with Crippen LogP contribution in [0.25, 0.3) is 0 Å². The lowest BCUT2D eigenvalue weighted by atomic mass is 10.2. The van der Waals surface area contributed by atoms with Gasteiger partial charge in [-0.3, -0.25) is 14.5 Å². The zero-order valence-electron chi connectivity index (χ0n) is 9.04. The van der Waals surface area contributed by atoms with E-state index in [1.807, 2.05) is 13.8 Å². The van der Waals surface area contributed by atoms with Gasteiger partial charge in [-0.2, -0.15) is 0 Å². The van der Waals surface area contributed by atoms with E-state index in [0.717, 1.165) is 0 Å². The fourth-order valence-electron chi connectivity index (χ4n) is 0.941. The second kappa shape index (κ2) is 6.37. The Morgan fingerprint density at radius 2 is 1.93 bits per heavy atom. The normalized spacial score (nSPS) is 10.6. The molecule has 3 N–H and O–H groups in total. The average molecular weight is 201 g/mol. The fraction of sp³-hybridized carbons (Fsp3) is 0.778. The van der Waals surface area contributed by atoms with Crippen LogP contribution in [0.15, 0.2) is 0 Å². The Bertz CT molecular complexity index is 204. The molecule has 0 atom stereocenters. The van der Waals surface area contributed by atoms with Gasteiger partial charge in [0.15, 0.2) is 0 Å². The SMILES string of the molecule is CC(C)CNC(=O)CN(C)CC(N)=O. The molecule has 14 heavy (non-hydrogen) atoms. The van der Waals surface area contributed by atoms with Crippen molar-refractivity contribution in [3.05, 3.63) is 0 Å². The lowest BCUT2D eigenvalue weighted by Gasteiger charge is -2.14. The standard InChI is InChI=1S/C9H19N3O2/c1-7(2)4-11-9(14)6-12(3)5-8(10)13/h7H,4-6H2,1-3H3,(H2,10,13)(H,11,14). The number of primary amides is 1. The van der Waals surface area contributed by atoms with Crippen LogP contribution in [0.4, 0.5) is 0 Å². The summed E-state index contributed by atoms with van der Waals surface area (Å²) in [6.07, 6.45) is 0. The molecule has 5 nitrogen and oxygen atoms in total. The zero-order valence-corrected chi connectivity index (χ0v) is 9.04. The number of amides is 2. The largest absolute Gasteiger partial charge is 0.369 e. The van der Waals surface area contributed by atoms with E-state index in [0.29, 0.717) is 12.5 Å². The maximum Gasteiger partial charge on any atom is 0.234 e. The summed E-state index contributed by atoms with van der Waals surface area (Å²) in [6.45, 7) is 5.01. The smallest absolute Gasteiger partial charge is 0.234 e. The van der Waals surface area contributed by atoms with Crippen LogP contribution in [0.1, 0.15) is 13.8 Å². The highest BCUT2D eigenvalue weighted by molar-refractivity contribution is 5.80. The first-order valence-corrected chi connectivity index (χ1v) is 4.65. The number of hydrogen-bond acceptors (Lipinski definition) is 3. The monoisotopic (exact) mass is 201 g/mol. The summed E-state index contributed by atoms with van der Waals surface area (Å²) in [5, 5.41) is 2.75. The van der Waals surface area contributed by atoms with Gasteiger partial charge in [0.05, 0.1) is 13.1 Å². The van der Waals surface area contributed by atoms with Gasteiger partial charge in [0.2, 0.25) is 11.8 Å². The minimum atomic E-state index is -0.427. The first-order valence-electron chi connectivity index (χ1n) is 4.65. The molecule has 0 unspecified atom stereocenters. The van der Waals surface area contributed by atoms with E-state index in [4.69, 9.17) is 5.73 Å². The highest BCUT2D eigenvalue weighted by atomic mass is 16.2. The van der Waals surface area contributed by atoms with Crippen LogP contribution >= 0.6 is 0 Å². The van der Waals surface area contributed by atoms with Crippen LogP contribution < -0.4 is 11.1 Å². The lowest BCUT2D eigenvalue weighted by molar-refractivity contribution is -0.123. The Morgan fingerprint density at radius 1 is 1.36 bits per heavy atom. The summed E-state index contributed by atoms with van der Waals surface area (Å²) < 4.78 is 0. The first kappa shape index (κ1) is 12.9. The van der Waals surface area contributed by atoms with E-state index in [1.165, 1.54) is 0 Å². The van der Waals surface area contributed by atoms with E-state index >= 15 is 0 Å². The Labute approximate surface area is 84.6 Å². The number of nitrogens with zero attached hydrogens (tertiary/aromatic N) is 1. The third-order valence-corrected chi connectivity index (χ3v) is 1.55. The molecular weight excluding hydrogens is 182 g/mol. The quantitative estimate of drug-likeness (QED) is 0.589. The van der Waals surface area contributed by atoms with Gasteiger partial charge in [0.1, 0.15) is 0 Å². The van der Waals surface area contributed by atoms with E-state index in [2.05, 4.69) is 5.32 Å². The molecule has 0 bridgehead atoms. The topological polar surface area (TPSA) is 75.4 Å². The van der Waals surface area contributed by atoms with Crippen molar-refractivity contribution >= 4 is 11.8 Å². The fourth-order valence-corrected chi connectivity index (χ4v) is 0.941. The first-order chi connectivity index (χ1) is 6.41. The third-order valence-electron chi connectivity index (χ3n) is 1.55. The highest BCUT2D eigenvalue weighted by Crippen LogP contribution is 1.87. The van der Waals surface area contributed by atoms with Gasteiger partial charge in [0, 0.05) is 6.54 Å². The summed E-state index contributed by atoms with van der Waals surface area (Å²) in [5.74, 6) is -0.0768. The summed E-state index contributed by atoms with van der Waals surface area (Å²) in [7, 11) is 1.68. The summed E-state index contributed by atoms with van der Waals surface area (Å²) in [4.78, 5) is 23.3. The Morgan fingerprint density at radius 3 is 2.36 bits per heavy atom. The lowest BCUT2D eigenvalue weighted by Crippen LogP contribution is -2.40. The molecule has 0 aliphatic carbocycles. The summed E-state index contributed by atoms with van der Waals surface area (Å²) in [5.41, 5.74) is 4.98. The van der Waals surface area contributed by atoms with Crippen molar-refractivity contribution in [3.8, 4) is 0 Å². The van der Waals surface area contributed by atoms with Crippen LogP contribution in [0.2, 0.25) is 0 Å². The van der Waals surface area contributed by atoms with E-state index < -0.39 is 5.91 Å². The van der Waals surface area contributed by atoms with Crippen molar-refractivity contribution in [3.63, 3.8) is 0 Å². The Balaban J connectivity index is 3.66. The molecule has 0 radical (unpaired) electrons. The van der Waals surface area contributed by atoms with Gasteiger partial charge in [-0.1, -0.05) is 13.8 Å². The van der Waals surface area contributed by atoms with Crippen LogP contribution in [0, 0.1) is 5.92 Å². The number of carbonyl (C=O) groups is 2. The number of carbonyl (C=O) groups excluding carboxylic acids is 2. The molecule has 2 amide bonds. The molecule has 0 aromatic carbocycles. The van der Waals surface area contributed by atoms with Crippen molar-refractivity contribution in [2.24, 2.45) is 11.7 Å². The number of nitrogens with two attached hydrogens (primary N) is 1. The predicted molar refractivity (Wildman–Crippen MR) is 54.5 cm³/mol. The van der Waals surface area contributed by atoms with Crippen molar-refractivity contribution in [2.75, 3.05) is 26.7 Å². The van der Waals surface area contributed by atoms with Crippen LogP contribution in [0.3, 0.4) is 0 Å². The summed E-state index contributed by atoms with van der Waals surface area (Å²) in [6, 6.07) is 0. The minimum Gasteiger partial charge on any atom is -0.369 e. The third kappa shape index (κ3) is 7.54. The molecule has 0 aromatic rings. The van der Waals surface area contributed by atoms with E-state index in [1.54, 1.807) is 11.9 Å². The van der Waals surface area contributed by atoms with Crippen molar-refractivity contribution in [2.45, 2.75) is 13.8 Å². The van der Waals surface area contributed by atoms with Gasteiger partial charge in [-0.25, -0.2) is 0 Å². The number of likely N-dealkylation sites (N-methyl/N-ethyl adjacent to an activating group) is 1.